The topological polar surface area (TPSA) is 79.1 Å². The Morgan fingerprint density at radius 1 is 0.978 bits per heavy atom. The molecule has 4 aromatic rings. The van der Waals surface area contributed by atoms with Gasteiger partial charge in [0.15, 0.2) is 4.80 Å². The largest absolute Gasteiger partial charge is 0.496 e. The first-order valence-electron chi connectivity index (χ1n) is 14.1. The molecule has 2 heterocycles. The molecule has 0 spiro atoms. The highest BCUT2D eigenvalue weighted by atomic mass is 35.5. The number of thiazole rings is 1. The van der Waals surface area contributed by atoms with Crippen molar-refractivity contribution >= 4 is 69.8 Å². The number of hydrogen-bond acceptors (Lipinski definition) is 7. The van der Waals surface area contributed by atoms with Gasteiger partial charge in [-0.1, -0.05) is 77.2 Å². The van der Waals surface area contributed by atoms with Gasteiger partial charge in [0.2, 0.25) is 0 Å². The molecule has 0 bridgehead atoms. The summed E-state index contributed by atoms with van der Waals surface area (Å²) < 4.78 is 19.1. The van der Waals surface area contributed by atoms with Crippen LogP contribution in [0, 0.1) is 0 Å². The highest BCUT2D eigenvalue weighted by Gasteiger charge is 2.36. The van der Waals surface area contributed by atoms with Crippen molar-refractivity contribution in [2.24, 2.45) is 4.99 Å². The summed E-state index contributed by atoms with van der Waals surface area (Å²) in [4.78, 5) is 33.0. The van der Waals surface area contributed by atoms with Crippen LogP contribution in [0.2, 0.25) is 20.1 Å². The SMILES string of the molecule is CCCC1=C(C(=O)OCC)[C@@H](c2cc(Cl)ccc2OC)n2c(s/c(=C/c3cc(Cl)ccc3OCc3ccc(Cl)c(Cl)c3)c2=O)=N1. The molecular formula is C33H28Cl4N2O5S. The summed E-state index contributed by atoms with van der Waals surface area (Å²) in [7, 11) is 1.52. The summed E-state index contributed by atoms with van der Waals surface area (Å²) in [5, 5.41) is 1.76. The highest BCUT2D eigenvalue weighted by Crippen LogP contribution is 2.38. The zero-order valence-electron chi connectivity index (χ0n) is 24.5. The predicted octanol–water partition coefficient (Wildman–Crippen LogP) is 7.78. The zero-order valence-corrected chi connectivity index (χ0v) is 28.4. The molecule has 0 saturated heterocycles. The Hall–Kier alpha value is -3.27. The van der Waals surface area contributed by atoms with E-state index in [1.165, 1.54) is 23.0 Å². The molecule has 0 amide bonds. The van der Waals surface area contributed by atoms with Crippen molar-refractivity contribution in [3.63, 3.8) is 0 Å². The number of esters is 1. The minimum absolute atomic E-state index is 0.158. The molecule has 45 heavy (non-hydrogen) atoms. The molecule has 1 aliphatic heterocycles. The maximum absolute atomic E-state index is 14.3. The van der Waals surface area contributed by atoms with Crippen LogP contribution in [0.3, 0.4) is 0 Å². The molecule has 5 rings (SSSR count). The fraction of sp³-hybridized carbons (Fsp3) is 0.242. The van der Waals surface area contributed by atoms with E-state index in [1.807, 2.05) is 13.0 Å². The third-order valence-electron chi connectivity index (χ3n) is 7.02. The van der Waals surface area contributed by atoms with Gasteiger partial charge in [-0.3, -0.25) is 9.36 Å². The molecule has 0 saturated carbocycles. The Labute approximate surface area is 283 Å². The number of rotatable bonds is 10. The van der Waals surface area contributed by atoms with Gasteiger partial charge >= 0.3 is 5.97 Å². The molecule has 0 unspecified atom stereocenters. The molecule has 1 atom stereocenters. The second-order valence-corrected chi connectivity index (χ2v) is 12.7. The van der Waals surface area contributed by atoms with Gasteiger partial charge in [0.25, 0.3) is 5.56 Å². The van der Waals surface area contributed by atoms with Gasteiger partial charge in [-0.15, -0.1) is 0 Å². The zero-order chi connectivity index (χ0) is 32.2. The lowest BCUT2D eigenvalue weighted by Crippen LogP contribution is -2.40. The Morgan fingerprint density at radius 2 is 1.71 bits per heavy atom. The van der Waals surface area contributed by atoms with E-state index in [4.69, 9.17) is 65.6 Å². The van der Waals surface area contributed by atoms with Gasteiger partial charge in [-0.2, -0.15) is 0 Å². The van der Waals surface area contributed by atoms with Crippen molar-refractivity contribution in [1.82, 2.24) is 4.57 Å². The average molecular weight is 706 g/mol. The van der Waals surface area contributed by atoms with Crippen LogP contribution in [-0.2, 0) is 16.1 Å². The molecule has 3 aromatic carbocycles. The molecule has 7 nitrogen and oxygen atoms in total. The van der Waals surface area contributed by atoms with E-state index in [0.29, 0.717) is 64.2 Å². The van der Waals surface area contributed by atoms with E-state index in [9.17, 15) is 9.59 Å². The van der Waals surface area contributed by atoms with Crippen LogP contribution >= 0.6 is 57.7 Å². The molecule has 1 aromatic heterocycles. The fourth-order valence-corrected chi connectivity index (χ4v) is 6.72. The Bertz CT molecular complexity index is 1990. The second-order valence-electron chi connectivity index (χ2n) is 10.0. The number of allylic oxidation sites excluding steroid dienone is 1. The molecular weight excluding hydrogens is 678 g/mol. The lowest BCUT2D eigenvalue weighted by Gasteiger charge is -2.27. The molecule has 0 aliphatic carbocycles. The van der Waals surface area contributed by atoms with Crippen molar-refractivity contribution < 1.29 is 19.0 Å². The van der Waals surface area contributed by atoms with E-state index >= 15 is 0 Å². The second kappa shape index (κ2) is 14.4. The first-order chi connectivity index (χ1) is 21.6. The molecule has 234 valence electrons. The van der Waals surface area contributed by atoms with E-state index < -0.39 is 12.0 Å². The smallest absolute Gasteiger partial charge is 0.338 e. The molecule has 12 heteroatoms. The van der Waals surface area contributed by atoms with Gasteiger partial charge in [0, 0.05) is 21.2 Å². The lowest BCUT2D eigenvalue weighted by atomic mass is 9.93. The normalized spacial score (nSPS) is 14.6. The van der Waals surface area contributed by atoms with Crippen molar-refractivity contribution in [2.75, 3.05) is 13.7 Å². The summed E-state index contributed by atoms with van der Waals surface area (Å²) in [5.41, 5.74) is 2.39. The number of ether oxygens (including phenoxy) is 3. The predicted molar refractivity (Wildman–Crippen MR) is 180 cm³/mol. The van der Waals surface area contributed by atoms with Crippen LogP contribution in [0.15, 0.2) is 75.7 Å². The van der Waals surface area contributed by atoms with Crippen molar-refractivity contribution in [3.05, 3.63) is 122 Å². The molecule has 0 N–H and O–H groups in total. The number of nitrogens with zero attached hydrogens (tertiary/aromatic N) is 2. The van der Waals surface area contributed by atoms with Gasteiger partial charge in [-0.05, 0) is 73.5 Å². The number of hydrogen-bond donors (Lipinski definition) is 0. The summed E-state index contributed by atoms with van der Waals surface area (Å²) in [6.07, 6.45) is 2.93. The third kappa shape index (κ3) is 7.11. The Kier molecular flexibility index (Phi) is 10.6. The van der Waals surface area contributed by atoms with Crippen LogP contribution in [0.4, 0.5) is 0 Å². The molecule has 1 aliphatic rings. The first kappa shape index (κ1) is 33.1. The summed E-state index contributed by atoms with van der Waals surface area (Å²) in [6.45, 7) is 4.09. The summed E-state index contributed by atoms with van der Waals surface area (Å²) in [5.74, 6) is 0.411. The van der Waals surface area contributed by atoms with Crippen LogP contribution in [0.25, 0.3) is 6.08 Å². The van der Waals surface area contributed by atoms with Gasteiger partial charge in [0.05, 0.1) is 39.6 Å². The quantitative estimate of drug-likeness (QED) is 0.158. The Morgan fingerprint density at radius 3 is 2.40 bits per heavy atom. The molecule has 0 radical (unpaired) electrons. The number of benzene rings is 3. The monoisotopic (exact) mass is 704 g/mol. The van der Waals surface area contributed by atoms with Gasteiger partial charge in [-0.25, -0.2) is 9.79 Å². The van der Waals surface area contributed by atoms with Crippen LogP contribution in [0.1, 0.15) is 49.4 Å². The first-order valence-corrected chi connectivity index (χ1v) is 16.4. The number of fused-ring (bicyclic) bond motifs is 1. The summed E-state index contributed by atoms with van der Waals surface area (Å²) in [6, 6.07) is 14.6. The number of methoxy groups -OCH3 is 1. The van der Waals surface area contributed by atoms with Crippen molar-refractivity contribution in [1.29, 1.82) is 0 Å². The number of aromatic nitrogens is 1. The van der Waals surface area contributed by atoms with Crippen molar-refractivity contribution in [3.8, 4) is 11.5 Å². The minimum atomic E-state index is -0.887. The Balaban J connectivity index is 1.68. The van der Waals surface area contributed by atoms with Gasteiger partial charge < -0.3 is 14.2 Å². The average Bonchev–Trinajstić information content (AvgIpc) is 3.32. The number of carbonyl (C=O) groups excluding carboxylic acids is 1. The van der Waals surface area contributed by atoms with E-state index in [0.717, 1.165) is 12.0 Å². The van der Waals surface area contributed by atoms with E-state index in [2.05, 4.69) is 0 Å². The van der Waals surface area contributed by atoms with Crippen molar-refractivity contribution in [2.45, 2.75) is 39.3 Å². The van der Waals surface area contributed by atoms with Gasteiger partial charge in [0.1, 0.15) is 24.1 Å². The highest BCUT2D eigenvalue weighted by molar-refractivity contribution is 7.07. The minimum Gasteiger partial charge on any atom is -0.496 e. The number of carbonyl (C=O) groups is 1. The van der Waals surface area contributed by atoms with Crippen LogP contribution < -0.4 is 24.4 Å². The maximum atomic E-state index is 14.3. The number of halogens is 4. The summed E-state index contributed by atoms with van der Waals surface area (Å²) >= 11 is 26.3. The maximum Gasteiger partial charge on any atom is 0.338 e. The third-order valence-corrected chi connectivity index (χ3v) is 9.21. The van der Waals surface area contributed by atoms with Crippen LogP contribution in [0.5, 0.6) is 11.5 Å². The van der Waals surface area contributed by atoms with E-state index in [1.54, 1.807) is 61.5 Å². The molecule has 0 fully saturated rings. The standard InChI is InChI=1S/C33H28Cl4N2O5S/c1-4-6-25-29(32(41)43-5-2)30(22-16-21(35)9-12-27(22)42-3)39-31(40)28(45-33(39)38-25)15-19-14-20(34)8-11-26(19)44-17-18-7-10-23(36)24(37)13-18/h7-16,30H,4-6,17H2,1-3H3/b28-15+/t30-/m1/s1. The van der Waals surface area contributed by atoms with E-state index in [-0.39, 0.29) is 24.3 Å². The fourth-order valence-electron chi connectivity index (χ4n) is 5.03. The lowest BCUT2D eigenvalue weighted by molar-refractivity contribution is -0.139. The van der Waals surface area contributed by atoms with Crippen LogP contribution in [-0.4, -0.2) is 24.3 Å².